The van der Waals surface area contributed by atoms with Gasteiger partial charge < -0.3 is 10.1 Å². The summed E-state index contributed by atoms with van der Waals surface area (Å²) in [4.78, 5) is 21.5. The van der Waals surface area contributed by atoms with Crippen LogP contribution in [0, 0.1) is 18.3 Å². The van der Waals surface area contributed by atoms with E-state index in [9.17, 15) is 10.1 Å². The van der Waals surface area contributed by atoms with Gasteiger partial charge >= 0.3 is 0 Å². The number of hydrogen-bond donors (Lipinski definition) is 1. The van der Waals surface area contributed by atoms with Crippen molar-refractivity contribution in [2.45, 2.75) is 38.5 Å². The van der Waals surface area contributed by atoms with Crippen LogP contribution in [0.3, 0.4) is 0 Å². The molecule has 1 aromatic carbocycles. The SMILES string of the molecule is Cc1ncc(NC(=O)c2cc(C(C)(C)C#N)ccn2)cc1-c1cccc(C2(C)COC2)c1. The molecule has 1 amide bonds. The molecule has 0 aliphatic carbocycles. The van der Waals surface area contributed by atoms with E-state index in [0.717, 1.165) is 35.6 Å². The lowest BCUT2D eigenvalue weighted by molar-refractivity contribution is -0.0499. The number of carbonyl (C=O) groups is 1. The van der Waals surface area contributed by atoms with E-state index in [0.29, 0.717) is 5.69 Å². The standard InChI is InChI=1S/C26H26N4O2/c1-17-22(18-6-5-7-20(10-18)26(4)15-32-16-26)12-21(13-29-17)30-24(31)23-11-19(8-9-28-23)25(2,3)14-27/h5-13H,15-16H2,1-4H3,(H,30,31). The third kappa shape index (κ3) is 4.12. The van der Waals surface area contributed by atoms with Crippen LogP contribution in [0.1, 0.15) is 48.1 Å². The van der Waals surface area contributed by atoms with Crippen LogP contribution in [0.25, 0.3) is 11.1 Å². The molecule has 1 aliphatic rings. The van der Waals surface area contributed by atoms with Crippen molar-refractivity contribution < 1.29 is 9.53 Å². The fraction of sp³-hybridized carbons (Fsp3) is 0.308. The van der Waals surface area contributed by atoms with Gasteiger partial charge in [0.15, 0.2) is 0 Å². The Morgan fingerprint density at radius 3 is 2.66 bits per heavy atom. The summed E-state index contributed by atoms with van der Waals surface area (Å²) in [7, 11) is 0. The fourth-order valence-electron chi connectivity index (χ4n) is 3.73. The van der Waals surface area contributed by atoms with Crippen molar-refractivity contribution in [1.82, 2.24) is 9.97 Å². The Bertz CT molecular complexity index is 1220. The molecule has 0 spiro atoms. The molecule has 6 nitrogen and oxygen atoms in total. The Morgan fingerprint density at radius 2 is 1.97 bits per heavy atom. The van der Waals surface area contributed by atoms with E-state index in [1.807, 2.05) is 32.9 Å². The van der Waals surface area contributed by atoms with E-state index in [4.69, 9.17) is 4.74 Å². The first-order valence-electron chi connectivity index (χ1n) is 10.6. The second kappa shape index (κ2) is 8.18. The van der Waals surface area contributed by atoms with Gasteiger partial charge in [0, 0.05) is 22.9 Å². The first-order chi connectivity index (χ1) is 15.2. The summed E-state index contributed by atoms with van der Waals surface area (Å²) in [5, 5.41) is 12.3. The number of aromatic nitrogens is 2. The molecule has 32 heavy (non-hydrogen) atoms. The molecule has 0 radical (unpaired) electrons. The van der Waals surface area contributed by atoms with E-state index >= 15 is 0 Å². The highest BCUT2D eigenvalue weighted by Gasteiger charge is 2.35. The average Bonchev–Trinajstić information content (AvgIpc) is 2.79. The van der Waals surface area contributed by atoms with Crippen molar-refractivity contribution in [3.63, 3.8) is 0 Å². The normalized spacial score (nSPS) is 14.8. The molecule has 1 N–H and O–H groups in total. The average molecular weight is 427 g/mol. The summed E-state index contributed by atoms with van der Waals surface area (Å²) in [5.41, 5.74) is 5.04. The second-order valence-electron chi connectivity index (χ2n) is 9.11. The molecule has 6 heteroatoms. The summed E-state index contributed by atoms with van der Waals surface area (Å²) in [6, 6.07) is 16.0. The Kier molecular flexibility index (Phi) is 5.53. The second-order valence-corrected chi connectivity index (χ2v) is 9.11. The predicted molar refractivity (Wildman–Crippen MR) is 123 cm³/mol. The zero-order valence-corrected chi connectivity index (χ0v) is 18.8. The zero-order valence-electron chi connectivity index (χ0n) is 18.8. The molecule has 0 unspecified atom stereocenters. The first-order valence-corrected chi connectivity index (χ1v) is 10.6. The zero-order chi connectivity index (χ0) is 22.9. The van der Waals surface area contributed by atoms with Gasteiger partial charge in [0.1, 0.15) is 5.69 Å². The number of pyridine rings is 2. The van der Waals surface area contributed by atoms with Gasteiger partial charge in [0.25, 0.3) is 5.91 Å². The maximum Gasteiger partial charge on any atom is 0.274 e. The van der Waals surface area contributed by atoms with Gasteiger partial charge in [-0.1, -0.05) is 31.2 Å². The van der Waals surface area contributed by atoms with Crippen molar-refractivity contribution in [1.29, 1.82) is 5.26 Å². The lowest BCUT2D eigenvalue weighted by Crippen LogP contribution is -2.43. The van der Waals surface area contributed by atoms with Crippen LogP contribution in [-0.4, -0.2) is 29.1 Å². The lowest BCUT2D eigenvalue weighted by atomic mass is 9.80. The molecule has 4 rings (SSSR count). The summed E-state index contributed by atoms with van der Waals surface area (Å²) < 4.78 is 5.42. The number of hydrogen-bond acceptors (Lipinski definition) is 5. The molecular formula is C26H26N4O2. The Labute approximate surface area is 188 Å². The summed E-state index contributed by atoms with van der Waals surface area (Å²) in [6.07, 6.45) is 3.20. The Morgan fingerprint density at radius 1 is 1.19 bits per heavy atom. The molecular weight excluding hydrogens is 400 g/mol. The highest BCUT2D eigenvalue weighted by molar-refractivity contribution is 6.03. The Hall–Kier alpha value is -3.56. The monoisotopic (exact) mass is 426 g/mol. The smallest absolute Gasteiger partial charge is 0.274 e. The summed E-state index contributed by atoms with van der Waals surface area (Å²) in [5.74, 6) is -0.343. The highest BCUT2D eigenvalue weighted by Crippen LogP contribution is 2.35. The number of benzene rings is 1. The van der Waals surface area contributed by atoms with Gasteiger partial charge in [-0.15, -0.1) is 0 Å². The minimum absolute atomic E-state index is 0.0387. The van der Waals surface area contributed by atoms with E-state index in [1.54, 1.807) is 24.5 Å². The van der Waals surface area contributed by atoms with Gasteiger partial charge in [-0.25, -0.2) is 0 Å². The molecule has 2 aromatic heterocycles. The van der Waals surface area contributed by atoms with Crippen molar-refractivity contribution in [3.05, 3.63) is 77.4 Å². The highest BCUT2D eigenvalue weighted by atomic mass is 16.5. The molecule has 3 heterocycles. The molecule has 0 atom stereocenters. The van der Waals surface area contributed by atoms with Crippen LogP contribution >= 0.6 is 0 Å². The van der Waals surface area contributed by atoms with E-state index in [2.05, 4.69) is 46.5 Å². The minimum atomic E-state index is -0.705. The van der Waals surface area contributed by atoms with Gasteiger partial charge in [-0.05, 0) is 55.7 Å². The molecule has 1 aliphatic heterocycles. The van der Waals surface area contributed by atoms with Crippen molar-refractivity contribution in [3.8, 4) is 17.2 Å². The van der Waals surface area contributed by atoms with Crippen molar-refractivity contribution >= 4 is 11.6 Å². The number of nitrogens with one attached hydrogen (secondary N) is 1. The number of aryl methyl sites for hydroxylation is 1. The van der Waals surface area contributed by atoms with Crippen LogP contribution in [0.4, 0.5) is 5.69 Å². The number of anilines is 1. The number of rotatable bonds is 5. The van der Waals surface area contributed by atoms with Crippen LogP contribution in [0.2, 0.25) is 0 Å². The first kappa shape index (κ1) is 21.7. The fourth-order valence-corrected chi connectivity index (χ4v) is 3.73. The Balaban J connectivity index is 1.60. The van der Waals surface area contributed by atoms with Crippen LogP contribution < -0.4 is 5.32 Å². The molecule has 162 valence electrons. The largest absolute Gasteiger partial charge is 0.379 e. The molecule has 3 aromatic rings. The van der Waals surface area contributed by atoms with E-state index in [-0.39, 0.29) is 17.0 Å². The molecule has 0 saturated carbocycles. The van der Waals surface area contributed by atoms with Gasteiger partial charge in [0.05, 0.1) is 36.6 Å². The topological polar surface area (TPSA) is 87.9 Å². The van der Waals surface area contributed by atoms with Crippen molar-refractivity contribution in [2.75, 3.05) is 18.5 Å². The summed E-state index contributed by atoms with van der Waals surface area (Å²) in [6.45, 7) is 9.22. The summed E-state index contributed by atoms with van der Waals surface area (Å²) >= 11 is 0. The van der Waals surface area contributed by atoms with Gasteiger partial charge in [-0.2, -0.15) is 5.26 Å². The lowest BCUT2D eigenvalue weighted by Gasteiger charge is -2.38. The minimum Gasteiger partial charge on any atom is -0.379 e. The molecule has 1 fully saturated rings. The molecule has 1 saturated heterocycles. The van der Waals surface area contributed by atoms with Gasteiger partial charge in [0.2, 0.25) is 0 Å². The molecule has 0 bridgehead atoms. The number of nitrogens with zero attached hydrogens (tertiary/aromatic N) is 3. The van der Waals surface area contributed by atoms with Crippen LogP contribution in [0.5, 0.6) is 0 Å². The van der Waals surface area contributed by atoms with Crippen LogP contribution in [-0.2, 0) is 15.6 Å². The van der Waals surface area contributed by atoms with Crippen molar-refractivity contribution in [2.24, 2.45) is 0 Å². The number of nitriles is 1. The number of amides is 1. The number of carbonyl (C=O) groups excluding carboxylic acids is 1. The maximum absolute atomic E-state index is 12.8. The van der Waals surface area contributed by atoms with Gasteiger partial charge in [-0.3, -0.25) is 14.8 Å². The quantitative estimate of drug-likeness (QED) is 0.633. The van der Waals surface area contributed by atoms with E-state index in [1.165, 1.54) is 5.56 Å². The maximum atomic E-state index is 12.8. The van der Waals surface area contributed by atoms with E-state index < -0.39 is 5.41 Å². The third-order valence-corrected chi connectivity index (χ3v) is 6.05. The predicted octanol–water partition coefficient (Wildman–Crippen LogP) is 4.79. The number of ether oxygens (including phenoxy) is 1. The van der Waals surface area contributed by atoms with Crippen LogP contribution in [0.15, 0.2) is 54.9 Å². The third-order valence-electron chi connectivity index (χ3n) is 6.05.